The summed E-state index contributed by atoms with van der Waals surface area (Å²) in [5, 5.41) is 19.7. The fourth-order valence-electron chi connectivity index (χ4n) is 5.98. The molecule has 0 radical (unpaired) electrons. The van der Waals surface area contributed by atoms with Crippen LogP contribution in [0.2, 0.25) is 0 Å². The van der Waals surface area contributed by atoms with E-state index in [-0.39, 0.29) is 11.7 Å². The minimum Gasteiger partial charge on any atom is -0.507 e. The third kappa shape index (κ3) is 3.51. The lowest BCUT2D eigenvalue weighted by Gasteiger charge is -2.29. The zero-order chi connectivity index (χ0) is 28.4. The van der Waals surface area contributed by atoms with Gasteiger partial charge in [-0.3, -0.25) is 0 Å². The molecular weight excluding hydrogens is 528 g/mol. The first-order valence-electron chi connectivity index (χ1n) is 13.5. The molecule has 0 saturated carbocycles. The lowest BCUT2D eigenvalue weighted by molar-refractivity contribution is 0.354. The van der Waals surface area contributed by atoms with Crippen LogP contribution in [0.15, 0.2) is 97.3 Å². The average Bonchev–Trinajstić information content (AvgIpc) is 3.48. The van der Waals surface area contributed by atoms with Crippen molar-refractivity contribution in [3.05, 3.63) is 114 Å². The Morgan fingerprint density at radius 1 is 0.810 bits per heavy atom. The third-order valence-electron chi connectivity index (χ3n) is 7.98. The summed E-state index contributed by atoms with van der Waals surface area (Å²) < 4.78 is 19.4. The number of rotatable bonds is 4. The molecule has 7 aromatic rings. The lowest BCUT2D eigenvalue weighted by atomic mass is 9.82. The molecule has 5 aromatic carbocycles. The van der Waals surface area contributed by atoms with E-state index in [1.165, 1.54) is 0 Å². The van der Waals surface area contributed by atoms with Gasteiger partial charge in [-0.2, -0.15) is 0 Å². The summed E-state index contributed by atoms with van der Waals surface area (Å²) in [5.41, 5.74) is 3.83. The molecule has 8 nitrogen and oxygen atoms in total. The molecule has 0 fully saturated rings. The highest BCUT2D eigenvalue weighted by molar-refractivity contribution is 5.94. The highest BCUT2D eigenvalue weighted by Gasteiger charge is 2.35. The molecule has 42 heavy (non-hydrogen) atoms. The predicted molar refractivity (Wildman–Crippen MR) is 160 cm³/mol. The molecule has 0 amide bonds. The third-order valence-corrected chi connectivity index (χ3v) is 7.98. The molecule has 0 saturated heterocycles. The van der Waals surface area contributed by atoms with Gasteiger partial charge in [-0.05, 0) is 34.5 Å². The fourth-order valence-corrected chi connectivity index (χ4v) is 5.98. The van der Waals surface area contributed by atoms with Crippen molar-refractivity contribution in [2.24, 2.45) is 0 Å². The molecule has 1 unspecified atom stereocenters. The van der Waals surface area contributed by atoms with Crippen LogP contribution in [0.3, 0.4) is 0 Å². The Hall–Kier alpha value is -5.63. The Labute approximate surface area is 240 Å². The highest BCUT2D eigenvalue weighted by Crippen LogP contribution is 2.51. The second kappa shape index (κ2) is 9.21. The van der Waals surface area contributed by atoms with Gasteiger partial charge in [0.25, 0.3) is 0 Å². The zero-order valence-corrected chi connectivity index (χ0v) is 22.8. The van der Waals surface area contributed by atoms with E-state index < -0.39 is 0 Å². The van der Waals surface area contributed by atoms with Crippen molar-refractivity contribution in [1.29, 1.82) is 0 Å². The van der Waals surface area contributed by atoms with Crippen molar-refractivity contribution in [1.82, 2.24) is 19.6 Å². The van der Waals surface area contributed by atoms with Gasteiger partial charge in [-0.25, -0.2) is 14.5 Å². The van der Waals surface area contributed by atoms with Gasteiger partial charge in [-0.1, -0.05) is 72.8 Å². The van der Waals surface area contributed by atoms with Crippen molar-refractivity contribution in [3.8, 4) is 40.3 Å². The number of benzene rings is 5. The maximum absolute atomic E-state index is 11.2. The van der Waals surface area contributed by atoms with Gasteiger partial charge in [0.15, 0.2) is 23.0 Å². The summed E-state index contributed by atoms with van der Waals surface area (Å²) in [7, 11) is 3.25. The van der Waals surface area contributed by atoms with Crippen LogP contribution in [0, 0.1) is 0 Å². The molecular formula is C34H24N4O4. The fraction of sp³-hybridized carbons (Fsp3) is 0.0882. The van der Waals surface area contributed by atoms with Gasteiger partial charge in [-0.15, -0.1) is 5.10 Å². The summed E-state index contributed by atoms with van der Waals surface area (Å²) in [6, 6.07) is 29.7. The normalized spacial score (nSPS) is 14.0. The van der Waals surface area contributed by atoms with E-state index in [2.05, 4.69) is 24.3 Å². The minimum atomic E-state index is -0.299. The first-order valence-corrected chi connectivity index (χ1v) is 13.5. The zero-order valence-electron chi connectivity index (χ0n) is 22.8. The smallest absolute Gasteiger partial charge is 0.228 e. The molecule has 1 N–H and O–H groups in total. The topological polar surface area (TPSA) is 91.0 Å². The SMILES string of the molecule is COc1ccc(C2c3ccc4ccccc4c3Oc3ncn4nc(-c5ccc6ccccc6c5O)nc4c32)cc1OC. The van der Waals surface area contributed by atoms with Crippen LogP contribution in [0.1, 0.15) is 22.6 Å². The molecule has 0 bridgehead atoms. The monoisotopic (exact) mass is 552 g/mol. The Morgan fingerprint density at radius 2 is 1.55 bits per heavy atom. The second-order valence-electron chi connectivity index (χ2n) is 10.2. The summed E-state index contributed by atoms with van der Waals surface area (Å²) in [4.78, 5) is 9.67. The largest absolute Gasteiger partial charge is 0.507 e. The van der Waals surface area contributed by atoms with Crippen LogP contribution in [0.25, 0.3) is 38.6 Å². The number of aromatic nitrogens is 4. The standard InChI is InChI=1S/C34H24N4O4/c1-40-26-16-13-21(17-27(26)41-2)28-24-14-11-20-8-4-6-10-23(20)31(24)42-34-29(28)33-36-32(37-38(33)18-35-34)25-15-12-19-7-3-5-9-22(19)30(25)39/h3-18,28,39H,1-2H3. The Bertz CT molecular complexity index is 2190. The van der Waals surface area contributed by atoms with Crippen molar-refractivity contribution in [2.75, 3.05) is 14.2 Å². The molecule has 1 aliphatic heterocycles. The van der Waals surface area contributed by atoms with Crippen LogP contribution in [0.5, 0.6) is 28.9 Å². The lowest BCUT2D eigenvalue weighted by Crippen LogP contribution is -2.15. The van der Waals surface area contributed by atoms with E-state index in [9.17, 15) is 5.11 Å². The summed E-state index contributed by atoms with van der Waals surface area (Å²) in [6.07, 6.45) is 1.60. The van der Waals surface area contributed by atoms with Gasteiger partial charge in [0, 0.05) is 22.3 Å². The van der Waals surface area contributed by atoms with Crippen molar-refractivity contribution < 1.29 is 19.3 Å². The molecule has 1 atom stereocenters. The molecule has 1 aliphatic rings. The van der Waals surface area contributed by atoms with Crippen molar-refractivity contribution in [2.45, 2.75) is 5.92 Å². The van der Waals surface area contributed by atoms with E-state index in [0.29, 0.717) is 34.4 Å². The number of phenols is 1. The molecule has 8 heteroatoms. The van der Waals surface area contributed by atoms with Gasteiger partial charge in [0.1, 0.15) is 17.8 Å². The van der Waals surface area contributed by atoms with Crippen LogP contribution >= 0.6 is 0 Å². The number of ether oxygens (including phenoxy) is 3. The number of nitrogens with zero attached hydrogens (tertiary/aromatic N) is 4. The Kier molecular flexibility index (Phi) is 5.30. The van der Waals surface area contributed by atoms with E-state index in [0.717, 1.165) is 44.0 Å². The second-order valence-corrected chi connectivity index (χ2v) is 10.2. The molecule has 0 aliphatic carbocycles. The Morgan fingerprint density at radius 3 is 2.36 bits per heavy atom. The first-order chi connectivity index (χ1) is 20.6. The van der Waals surface area contributed by atoms with Crippen LogP contribution < -0.4 is 14.2 Å². The van der Waals surface area contributed by atoms with Crippen molar-refractivity contribution >= 4 is 27.2 Å². The van der Waals surface area contributed by atoms with E-state index >= 15 is 0 Å². The first kappa shape index (κ1) is 24.2. The van der Waals surface area contributed by atoms with E-state index in [4.69, 9.17) is 29.3 Å². The van der Waals surface area contributed by atoms with Crippen molar-refractivity contribution in [3.63, 3.8) is 0 Å². The molecule has 204 valence electrons. The summed E-state index contributed by atoms with van der Waals surface area (Å²) in [5.74, 6) is 2.69. The molecule has 8 rings (SSSR count). The molecule has 0 spiro atoms. The van der Waals surface area contributed by atoms with Gasteiger partial charge < -0.3 is 19.3 Å². The van der Waals surface area contributed by atoms with Crippen LogP contribution in [-0.4, -0.2) is 38.9 Å². The minimum absolute atomic E-state index is 0.135. The number of fused-ring (bicyclic) bond motifs is 7. The molecule has 2 aromatic heterocycles. The average molecular weight is 553 g/mol. The van der Waals surface area contributed by atoms with Gasteiger partial charge >= 0.3 is 0 Å². The summed E-state index contributed by atoms with van der Waals surface area (Å²) in [6.45, 7) is 0. The maximum atomic E-state index is 11.2. The molecule has 3 heterocycles. The number of phenolic OH excluding ortho intramolecular Hbond substituents is 1. The van der Waals surface area contributed by atoms with E-state index in [1.807, 2.05) is 66.7 Å². The van der Waals surface area contributed by atoms with Crippen LogP contribution in [-0.2, 0) is 0 Å². The van der Waals surface area contributed by atoms with Crippen LogP contribution in [0.4, 0.5) is 0 Å². The van der Waals surface area contributed by atoms with Gasteiger partial charge in [0.05, 0.1) is 25.3 Å². The Balaban J connectivity index is 1.39. The van der Waals surface area contributed by atoms with Gasteiger partial charge in [0.2, 0.25) is 5.88 Å². The number of hydrogen-bond acceptors (Lipinski definition) is 7. The number of methoxy groups -OCH3 is 2. The number of hydrogen-bond donors (Lipinski definition) is 1. The maximum Gasteiger partial charge on any atom is 0.228 e. The number of aromatic hydroxyl groups is 1. The summed E-state index contributed by atoms with van der Waals surface area (Å²) >= 11 is 0. The van der Waals surface area contributed by atoms with E-state index in [1.54, 1.807) is 25.1 Å². The predicted octanol–water partition coefficient (Wildman–Crippen LogP) is 7.11. The quantitative estimate of drug-likeness (QED) is 0.249. The highest BCUT2D eigenvalue weighted by atomic mass is 16.5.